The van der Waals surface area contributed by atoms with Crippen LogP contribution < -0.4 is 0 Å². The van der Waals surface area contributed by atoms with Crippen molar-refractivity contribution in [1.82, 2.24) is 15.1 Å². The lowest BCUT2D eigenvalue weighted by atomic mass is 10.2. The normalized spacial score (nSPS) is 12.5. The molecule has 3 rings (SSSR count). The van der Waals surface area contributed by atoms with Crippen molar-refractivity contribution in [2.45, 2.75) is 17.9 Å². The standard InChI is InChI=1S/C17H15N3O5S/c1-11(16-19-15(20-25-16)13-6-4-8-18-10-13)24-17(21)12-5-3-7-14(9-12)26(2,22)23/h3-11H,1-2H3. The highest BCUT2D eigenvalue weighted by atomic mass is 32.2. The van der Waals surface area contributed by atoms with Crippen LogP contribution in [-0.2, 0) is 14.6 Å². The zero-order valence-corrected chi connectivity index (χ0v) is 14.8. The maximum Gasteiger partial charge on any atom is 0.338 e. The molecule has 134 valence electrons. The molecule has 3 aromatic rings. The summed E-state index contributed by atoms with van der Waals surface area (Å²) in [5.74, 6) is -0.240. The lowest BCUT2D eigenvalue weighted by molar-refractivity contribution is 0.0265. The summed E-state index contributed by atoms with van der Waals surface area (Å²) in [5.41, 5.74) is 0.786. The number of pyridine rings is 1. The van der Waals surface area contributed by atoms with E-state index in [-0.39, 0.29) is 16.3 Å². The van der Waals surface area contributed by atoms with Gasteiger partial charge in [0, 0.05) is 24.2 Å². The molecule has 0 N–H and O–H groups in total. The molecule has 2 aromatic heterocycles. The third-order valence-corrected chi connectivity index (χ3v) is 4.60. The quantitative estimate of drug-likeness (QED) is 0.627. The van der Waals surface area contributed by atoms with Gasteiger partial charge in [-0.3, -0.25) is 4.98 Å². The fourth-order valence-electron chi connectivity index (χ4n) is 2.15. The van der Waals surface area contributed by atoms with Gasteiger partial charge in [-0.25, -0.2) is 13.2 Å². The molecular weight excluding hydrogens is 358 g/mol. The second-order valence-corrected chi connectivity index (χ2v) is 7.56. The van der Waals surface area contributed by atoms with Gasteiger partial charge in [-0.05, 0) is 37.3 Å². The molecule has 2 heterocycles. The van der Waals surface area contributed by atoms with E-state index in [1.54, 1.807) is 31.5 Å². The number of hydrogen-bond donors (Lipinski definition) is 0. The summed E-state index contributed by atoms with van der Waals surface area (Å²) in [6.07, 6.45) is 3.47. The summed E-state index contributed by atoms with van der Waals surface area (Å²) in [6, 6.07) is 9.13. The zero-order chi connectivity index (χ0) is 18.7. The Morgan fingerprint density at radius 3 is 2.73 bits per heavy atom. The van der Waals surface area contributed by atoms with Crippen molar-refractivity contribution in [3.05, 3.63) is 60.2 Å². The molecule has 0 saturated heterocycles. The van der Waals surface area contributed by atoms with Crippen LogP contribution in [0.5, 0.6) is 0 Å². The molecule has 0 bridgehead atoms. The molecule has 0 spiro atoms. The number of carbonyl (C=O) groups excluding carboxylic acids is 1. The first-order valence-corrected chi connectivity index (χ1v) is 9.49. The van der Waals surface area contributed by atoms with Gasteiger partial charge < -0.3 is 9.26 Å². The third-order valence-electron chi connectivity index (χ3n) is 3.49. The van der Waals surface area contributed by atoms with Crippen LogP contribution >= 0.6 is 0 Å². The lowest BCUT2D eigenvalue weighted by Crippen LogP contribution is -2.10. The van der Waals surface area contributed by atoms with Gasteiger partial charge in [-0.1, -0.05) is 11.2 Å². The van der Waals surface area contributed by atoms with Gasteiger partial charge in [0.25, 0.3) is 5.89 Å². The number of esters is 1. The van der Waals surface area contributed by atoms with Crippen LogP contribution in [0.3, 0.4) is 0 Å². The molecule has 1 aromatic carbocycles. The summed E-state index contributed by atoms with van der Waals surface area (Å²) in [5, 5.41) is 3.84. The number of ether oxygens (including phenoxy) is 1. The van der Waals surface area contributed by atoms with Crippen LogP contribution in [0.15, 0.2) is 58.2 Å². The van der Waals surface area contributed by atoms with E-state index in [4.69, 9.17) is 9.26 Å². The van der Waals surface area contributed by atoms with Crippen molar-refractivity contribution in [3.63, 3.8) is 0 Å². The summed E-state index contributed by atoms with van der Waals surface area (Å²) in [6.45, 7) is 1.58. The molecule has 26 heavy (non-hydrogen) atoms. The number of sulfone groups is 1. The van der Waals surface area contributed by atoms with Crippen LogP contribution in [-0.4, -0.2) is 35.8 Å². The maximum absolute atomic E-state index is 12.3. The maximum atomic E-state index is 12.3. The van der Waals surface area contributed by atoms with E-state index >= 15 is 0 Å². The fourth-order valence-corrected chi connectivity index (χ4v) is 2.81. The number of rotatable bonds is 5. The Morgan fingerprint density at radius 2 is 2.04 bits per heavy atom. The van der Waals surface area contributed by atoms with E-state index in [2.05, 4.69) is 15.1 Å². The molecule has 1 unspecified atom stereocenters. The van der Waals surface area contributed by atoms with E-state index < -0.39 is 21.9 Å². The number of benzene rings is 1. The molecular formula is C17H15N3O5S. The zero-order valence-electron chi connectivity index (χ0n) is 14.0. The average Bonchev–Trinajstić information content (AvgIpc) is 3.12. The van der Waals surface area contributed by atoms with Gasteiger partial charge >= 0.3 is 5.97 Å². The van der Waals surface area contributed by atoms with Crippen LogP contribution in [0.2, 0.25) is 0 Å². The first kappa shape index (κ1) is 17.7. The van der Waals surface area contributed by atoms with Gasteiger partial charge in [-0.2, -0.15) is 4.98 Å². The predicted molar refractivity (Wildman–Crippen MR) is 90.9 cm³/mol. The SMILES string of the molecule is CC(OC(=O)c1cccc(S(C)(=O)=O)c1)c1nc(-c2cccnc2)no1. The van der Waals surface area contributed by atoms with Crippen molar-refractivity contribution >= 4 is 15.8 Å². The first-order valence-electron chi connectivity index (χ1n) is 7.59. The minimum absolute atomic E-state index is 0.0382. The van der Waals surface area contributed by atoms with E-state index in [0.29, 0.717) is 11.4 Å². The number of aromatic nitrogens is 3. The Bertz CT molecular complexity index is 1030. The van der Waals surface area contributed by atoms with Crippen LogP contribution in [0.25, 0.3) is 11.4 Å². The highest BCUT2D eigenvalue weighted by Crippen LogP contribution is 2.21. The molecule has 0 aliphatic heterocycles. The Labute approximate surface area is 149 Å². The number of hydrogen-bond acceptors (Lipinski definition) is 8. The molecule has 0 amide bonds. The second kappa shape index (κ2) is 7.04. The largest absolute Gasteiger partial charge is 0.449 e. The topological polar surface area (TPSA) is 112 Å². The highest BCUT2D eigenvalue weighted by molar-refractivity contribution is 7.90. The van der Waals surface area contributed by atoms with Crippen molar-refractivity contribution in [3.8, 4) is 11.4 Å². The molecule has 0 aliphatic rings. The van der Waals surface area contributed by atoms with Crippen LogP contribution in [0.1, 0.15) is 29.3 Å². The van der Waals surface area contributed by atoms with E-state index in [9.17, 15) is 13.2 Å². The molecule has 0 radical (unpaired) electrons. The third kappa shape index (κ3) is 3.94. The molecule has 1 atom stereocenters. The lowest BCUT2D eigenvalue weighted by Gasteiger charge is -2.09. The number of nitrogens with zero attached hydrogens (tertiary/aromatic N) is 3. The molecule has 9 heteroatoms. The van der Waals surface area contributed by atoms with Gasteiger partial charge in [-0.15, -0.1) is 0 Å². The highest BCUT2D eigenvalue weighted by Gasteiger charge is 2.21. The fraction of sp³-hybridized carbons (Fsp3) is 0.176. The molecule has 0 saturated carbocycles. The monoisotopic (exact) mass is 373 g/mol. The summed E-state index contributed by atoms with van der Waals surface area (Å²) in [7, 11) is -3.42. The average molecular weight is 373 g/mol. The van der Waals surface area contributed by atoms with Gasteiger partial charge in [0.2, 0.25) is 5.82 Å². The number of carbonyl (C=O) groups is 1. The van der Waals surface area contributed by atoms with E-state index in [1.807, 2.05) is 0 Å². The van der Waals surface area contributed by atoms with Gasteiger partial charge in [0.05, 0.1) is 10.5 Å². The van der Waals surface area contributed by atoms with Crippen LogP contribution in [0.4, 0.5) is 0 Å². The van der Waals surface area contributed by atoms with E-state index in [1.165, 1.54) is 24.3 Å². The summed E-state index contributed by atoms with van der Waals surface area (Å²) >= 11 is 0. The molecule has 8 nitrogen and oxygen atoms in total. The van der Waals surface area contributed by atoms with Crippen molar-refractivity contribution in [2.75, 3.05) is 6.26 Å². The molecule has 0 fully saturated rings. The Kier molecular flexibility index (Phi) is 4.81. The molecule has 0 aliphatic carbocycles. The van der Waals surface area contributed by atoms with Crippen LogP contribution in [0, 0.1) is 0 Å². The van der Waals surface area contributed by atoms with Gasteiger partial charge in [0.1, 0.15) is 0 Å². The van der Waals surface area contributed by atoms with Gasteiger partial charge in [0.15, 0.2) is 15.9 Å². The summed E-state index contributed by atoms with van der Waals surface area (Å²) in [4.78, 5) is 20.5. The minimum Gasteiger partial charge on any atom is -0.449 e. The smallest absolute Gasteiger partial charge is 0.338 e. The first-order chi connectivity index (χ1) is 12.3. The second-order valence-electron chi connectivity index (χ2n) is 5.55. The van der Waals surface area contributed by atoms with Crippen molar-refractivity contribution in [1.29, 1.82) is 0 Å². The van der Waals surface area contributed by atoms with Crippen molar-refractivity contribution in [2.24, 2.45) is 0 Å². The Balaban J connectivity index is 1.75. The predicted octanol–water partition coefficient (Wildman–Crippen LogP) is 2.45. The van der Waals surface area contributed by atoms with Crippen molar-refractivity contribution < 1.29 is 22.5 Å². The Hall–Kier alpha value is -3.07. The Morgan fingerprint density at radius 1 is 1.23 bits per heavy atom. The minimum atomic E-state index is -3.42. The summed E-state index contributed by atoms with van der Waals surface area (Å²) < 4.78 is 33.6. The van der Waals surface area contributed by atoms with E-state index in [0.717, 1.165) is 6.26 Å².